The molecule has 0 aliphatic heterocycles. The summed E-state index contributed by atoms with van der Waals surface area (Å²) in [6, 6.07) is 7.22. The molecule has 5 heteroatoms. The van der Waals surface area contributed by atoms with Gasteiger partial charge in [-0.25, -0.2) is 0 Å². The summed E-state index contributed by atoms with van der Waals surface area (Å²) in [6.07, 6.45) is 0.316. The number of nitrogens with one attached hydrogen (secondary N) is 1. The van der Waals surface area contributed by atoms with E-state index in [1.807, 2.05) is 25.1 Å². The van der Waals surface area contributed by atoms with Crippen LogP contribution in [0.2, 0.25) is 0 Å². The van der Waals surface area contributed by atoms with Gasteiger partial charge >= 0.3 is 5.97 Å². The first-order valence-corrected chi connectivity index (χ1v) is 6.69. The molecule has 1 aromatic rings. The van der Waals surface area contributed by atoms with Crippen LogP contribution in [0.1, 0.15) is 18.9 Å². The number of aryl methyl sites for hydroxylation is 1. The fourth-order valence-electron chi connectivity index (χ4n) is 1.34. The van der Waals surface area contributed by atoms with Crippen molar-refractivity contribution in [1.82, 2.24) is 5.32 Å². The maximum Gasteiger partial charge on any atom is 0.325 e. The predicted molar refractivity (Wildman–Crippen MR) is 71.8 cm³/mol. The van der Waals surface area contributed by atoms with E-state index in [4.69, 9.17) is 5.11 Å². The van der Waals surface area contributed by atoms with Crippen molar-refractivity contribution in [3.8, 4) is 0 Å². The Morgan fingerprint density at radius 3 is 2.78 bits per heavy atom. The summed E-state index contributed by atoms with van der Waals surface area (Å²) in [5.41, 5.74) is 1.18. The van der Waals surface area contributed by atoms with Gasteiger partial charge in [0.25, 0.3) is 0 Å². The monoisotopic (exact) mass is 267 g/mol. The number of carbonyl (C=O) groups excluding carboxylic acids is 1. The van der Waals surface area contributed by atoms with Gasteiger partial charge in [0.1, 0.15) is 6.04 Å². The molecule has 0 aliphatic rings. The smallest absolute Gasteiger partial charge is 0.325 e. The Bertz CT molecular complexity index is 434. The van der Waals surface area contributed by atoms with Crippen molar-refractivity contribution in [2.24, 2.45) is 0 Å². The Hall–Kier alpha value is -1.49. The molecule has 1 atom stereocenters. The lowest BCUT2D eigenvalue weighted by molar-refractivity contribution is -0.141. The van der Waals surface area contributed by atoms with Crippen LogP contribution in [-0.2, 0) is 9.59 Å². The Morgan fingerprint density at radius 2 is 2.17 bits per heavy atom. The van der Waals surface area contributed by atoms with Gasteiger partial charge in [-0.3, -0.25) is 9.59 Å². The van der Waals surface area contributed by atoms with Crippen molar-refractivity contribution in [1.29, 1.82) is 0 Å². The summed E-state index contributed by atoms with van der Waals surface area (Å²) in [4.78, 5) is 23.1. The highest BCUT2D eigenvalue weighted by molar-refractivity contribution is 7.99. The first-order valence-electron chi connectivity index (χ1n) is 5.70. The van der Waals surface area contributed by atoms with E-state index in [0.717, 1.165) is 4.90 Å². The molecular weight excluding hydrogens is 250 g/mol. The van der Waals surface area contributed by atoms with Crippen molar-refractivity contribution < 1.29 is 14.7 Å². The minimum Gasteiger partial charge on any atom is -0.480 e. The average Bonchev–Trinajstić information content (AvgIpc) is 2.28. The van der Waals surface area contributed by atoms with Crippen LogP contribution in [0.25, 0.3) is 0 Å². The van der Waals surface area contributed by atoms with Crippen LogP contribution >= 0.6 is 11.8 Å². The molecule has 0 saturated carbocycles. The molecule has 1 amide bonds. The van der Waals surface area contributed by atoms with E-state index in [-0.39, 0.29) is 5.91 Å². The third-order valence-electron chi connectivity index (χ3n) is 2.34. The summed E-state index contributed by atoms with van der Waals surface area (Å²) < 4.78 is 0. The average molecular weight is 267 g/mol. The van der Waals surface area contributed by atoms with Gasteiger partial charge in [-0.05, 0) is 26.0 Å². The Kier molecular flexibility index (Phi) is 5.71. The summed E-state index contributed by atoms with van der Waals surface area (Å²) in [6.45, 7) is 3.47. The van der Waals surface area contributed by atoms with E-state index < -0.39 is 12.0 Å². The Labute approximate surface area is 111 Å². The third-order valence-corrected chi connectivity index (χ3v) is 3.33. The van der Waals surface area contributed by atoms with Gasteiger partial charge in [-0.15, -0.1) is 11.8 Å². The molecule has 1 unspecified atom stereocenters. The van der Waals surface area contributed by atoms with E-state index in [1.54, 1.807) is 11.8 Å². The maximum atomic E-state index is 11.4. The summed E-state index contributed by atoms with van der Waals surface area (Å²) in [5, 5.41) is 11.1. The van der Waals surface area contributed by atoms with Crippen molar-refractivity contribution in [2.45, 2.75) is 31.2 Å². The first kappa shape index (κ1) is 14.6. The van der Waals surface area contributed by atoms with Crippen molar-refractivity contribution in [2.75, 3.05) is 5.75 Å². The normalized spacial score (nSPS) is 11.9. The van der Waals surface area contributed by atoms with Gasteiger partial charge in [0.2, 0.25) is 5.91 Å². The molecule has 0 saturated heterocycles. The van der Waals surface area contributed by atoms with Crippen molar-refractivity contribution in [3.05, 3.63) is 29.8 Å². The van der Waals surface area contributed by atoms with E-state index in [2.05, 4.69) is 11.4 Å². The maximum absolute atomic E-state index is 11.4. The zero-order chi connectivity index (χ0) is 13.5. The predicted octanol–water partition coefficient (Wildman–Crippen LogP) is 2.07. The highest BCUT2D eigenvalue weighted by atomic mass is 32.2. The van der Waals surface area contributed by atoms with Gasteiger partial charge in [-0.2, -0.15) is 0 Å². The molecule has 18 heavy (non-hydrogen) atoms. The molecule has 0 spiro atoms. The lowest BCUT2D eigenvalue weighted by atomic mass is 10.2. The van der Waals surface area contributed by atoms with E-state index >= 15 is 0 Å². The van der Waals surface area contributed by atoms with Crippen LogP contribution in [0.3, 0.4) is 0 Å². The van der Waals surface area contributed by atoms with E-state index in [1.165, 1.54) is 12.5 Å². The molecule has 98 valence electrons. The highest BCUT2D eigenvalue weighted by Crippen LogP contribution is 2.19. The van der Waals surface area contributed by atoms with Crippen LogP contribution in [0.4, 0.5) is 0 Å². The second-order valence-electron chi connectivity index (χ2n) is 4.04. The number of thioether (sulfide) groups is 1. The number of carboxylic acids is 1. The van der Waals surface area contributed by atoms with Gasteiger partial charge < -0.3 is 10.4 Å². The lowest BCUT2D eigenvalue weighted by Crippen LogP contribution is -2.38. The molecule has 1 rings (SSSR count). The number of aliphatic carboxylic acids is 1. The van der Waals surface area contributed by atoms with Gasteiger partial charge in [0, 0.05) is 17.1 Å². The van der Waals surface area contributed by atoms with Crippen LogP contribution in [0, 0.1) is 6.92 Å². The molecule has 0 fully saturated rings. The number of amides is 1. The Balaban J connectivity index is 2.29. The molecule has 1 aromatic carbocycles. The molecule has 4 nitrogen and oxygen atoms in total. The largest absolute Gasteiger partial charge is 0.480 e. The van der Waals surface area contributed by atoms with Crippen LogP contribution in [-0.4, -0.2) is 28.8 Å². The molecule has 0 aliphatic carbocycles. The molecule has 0 heterocycles. The van der Waals surface area contributed by atoms with Crippen molar-refractivity contribution in [3.63, 3.8) is 0 Å². The number of carbonyl (C=O) groups is 2. The minimum atomic E-state index is -1.02. The SMILES string of the molecule is Cc1cccc(SCCC(=O)NC(C)C(=O)O)c1. The number of carboxylic acid groups (broad SMARTS) is 1. The zero-order valence-corrected chi connectivity index (χ0v) is 11.3. The molecule has 0 bridgehead atoms. The van der Waals surface area contributed by atoms with Crippen LogP contribution in [0.5, 0.6) is 0 Å². The van der Waals surface area contributed by atoms with Gasteiger partial charge in [0.05, 0.1) is 0 Å². The number of benzene rings is 1. The molecular formula is C13H17NO3S. The summed E-state index contributed by atoms with van der Waals surface area (Å²) in [5.74, 6) is -0.610. The molecule has 0 aromatic heterocycles. The van der Waals surface area contributed by atoms with Crippen LogP contribution in [0.15, 0.2) is 29.2 Å². The van der Waals surface area contributed by atoms with E-state index in [9.17, 15) is 9.59 Å². The Morgan fingerprint density at radius 1 is 1.44 bits per heavy atom. The summed E-state index contributed by atoms with van der Waals surface area (Å²) in [7, 11) is 0. The number of rotatable bonds is 6. The van der Waals surface area contributed by atoms with Gasteiger partial charge in [-0.1, -0.05) is 17.7 Å². The van der Waals surface area contributed by atoms with Crippen molar-refractivity contribution >= 4 is 23.6 Å². The topological polar surface area (TPSA) is 66.4 Å². The standard InChI is InChI=1S/C13H17NO3S/c1-9-4-3-5-11(8-9)18-7-6-12(15)14-10(2)13(16)17/h3-5,8,10H,6-7H2,1-2H3,(H,14,15)(H,16,17). The number of hydrogen-bond acceptors (Lipinski definition) is 3. The second kappa shape index (κ2) is 7.06. The van der Waals surface area contributed by atoms with E-state index in [0.29, 0.717) is 12.2 Å². The number of hydrogen-bond donors (Lipinski definition) is 2. The lowest BCUT2D eigenvalue weighted by Gasteiger charge is -2.08. The highest BCUT2D eigenvalue weighted by Gasteiger charge is 2.13. The quantitative estimate of drug-likeness (QED) is 0.774. The third kappa shape index (κ3) is 5.23. The fourth-order valence-corrected chi connectivity index (χ4v) is 2.31. The zero-order valence-electron chi connectivity index (χ0n) is 10.5. The molecule has 2 N–H and O–H groups in total. The fraction of sp³-hybridized carbons (Fsp3) is 0.385. The summed E-state index contributed by atoms with van der Waals surface area (Å²) >= 11 is 1.59. The second-order valence-corrected chi connectivity index (χ2v) is 5.21. The van der Waals surface area contributed by atoms with Crippen LogP contribution < -0.4 is 5.32 Å². The van der Waals surface area contributed by atoms with Gasteiger partial charge in [0.15, 0.2) is 0 Å². The first-order chi connectivity index (χ1) is 8.49. The minimum absolute atomic E-state index is 0.231. The molecule has 0 radical (unpaired) electrons.